The quantitative estimate of drug-likeness (QED) is 0.610. The fraction of sp³-hybridized carbons (Fsp3) is 0.875. The van der Waals surface area contributed by atoms with Gasteiger partial charge in [-0.1, -0.05) is 36.4 Å². The zero-order valence-electron chi connectivity index (χ0n) is 6.98. The number of carbonyl (C=O) groups is 1. The molecular weight excluding hydrogens is 253 g/mol. The van der Waals surface area contributed by atoms with Crippen molar-refractivity contribution >= 4 is 28.5 Å². The maximum absolute atomic E-state index is 11.3. The summed E-state index contributed by atoms with van der Waals surface area (Å²) in [5.74, 6) is 0.525. The van der Waals surface area contributed by atoms with E-state index in [2.05, 4.69) is 41.8 Å². The van der Waals surface area contributed by atoms with Gasteiger partial charge in [-0.2, -0.15) is 0 Å². The highest BCUT2D eigenvalue weighted by Gasteiger charge is 2.50. The average Bonchev–Trinajstić information content (AvgIpc) is 2.55. The average molecular weight is 267 g/mol. The molecule has 3 heteroatoms. The highest BCUT2D eigenvalue weighted by Crippen LogP contribution is 2.51. The molecule has 1 amide bonds. The second kappa shape index (κ2) is 3.29. The molecule has 0 spiro atoms. The van der Waals surface area contributed by atoms with Crippen LogP contribution in [0.5, 0.6) is 0 Å². The van der Waals surface area contributed by atoms with Crippen LogP contribution >= 0.6 is 22.6 Å². The van der Waals surface area contributed by atoms with Crippen molar-refractivity contribution in [2.45, 2.75) is 20.3 Å². The number of hydrogen-bond acceptors (Lipinski definition) is 1. The van der Waals surface area contributed by atoms with E-state index >= 15 is 0 Å². The van der Waals surface area contributed by atoms with E-state index in [-0.39, 0.29) is 17.2 Å². The monoisotopic (exact) mass is 267 g/mol. The van der Waals surface area contributed by atoms with E-state index in [9.17, 15) is 4.79 Å². The van der Waals surface area contributed by atoms with Crippen molar-refractivity contribution in [3.8, 4) is 0 Å². The Hall–Kier alpha value is 0.200. The van der Waals surface area contributed by atoms with Crippen LogP contribution in [-0.4, -0.2) is 16.9 Å². The summed E-state index contributed by atoms with van der Waals surface area (Å²) in [6.07, 6.45) is 1.06. The lowest BCUT2D eigenvalue weighted by Crippen LogP contribution is -2.28. The van der Waals surface area contributed by atoms with Gasteiger partial charge in [-0.3, -0.25) is 4.79 Å². The first-order valence-electron chi connectivity index (χ1n) is 3.91. The molecule has 0 saturated heterocycles. The van der Waals surface area contributed by atoms with E-state index in [1.54, 1.807) is 0 Å². The lowest BCUT2D eigenvalue weighted by atomic mass is 10.1. The fourth-order valence-corrected chi connectivity index (χ4v) is 1.48. The first-order valence-corrected chi connectivity index (χ1v) is 5.44. The Kier molecular flexibility index (Phi) is 2.78. The third-order valence-corrected chi connectivity index (χ3v) is 2.76. The van der Waals surface area contributed by atoms with E-state index in [0.29, 0.717) is 0 Å². The highest BCUT2D eigenvalue weighted by molar-refractivity contribution is 14.1. The van der Waals surface area contributed by atoms with Crippen LogP contribution in [0.1, 0.15) is 20.3 Å². The topological polar surface area (TPSA) is 29.1 Å². The largest absolute Gasteiger partial charge is 0.355 e. The van der Waals surface area contributed by atoms with Crippen LogP contribution in [0.4, 0.5) is 0 Å². The van der Waals surface area contributed by atoms with E-state index in [4.69, 9.17) is 0 Å². The van der Waals surface area contributed by atoms with Gasteiger partial charge in [0.15, 0.2) is 0 Å². The van der Waals surface area contributed by atoms with Gasteiger partial charge in [0.2, 0.25) is 5.91 Å². The smallest absolute Gasteiger partial charge is 0.223 e. The van der Waals surface area contributed by atoms with Crippen molar-refractivity contribution < 1.29 is 4.79 Å². The summed E-state index contributed by atoms with van der Waals surface area (Å²) >= 11 is 2.26. The Morgan fingerprint density at radius 1 is 1.73 bits per heavy atom. The maximum atomic E-state index is 11.3. The number of halogens is 1. The van der Waals surface area contributed by atoms with Crippen LogP contribution in [0, 0.1) is 11.3 Å². The number of rotatable bonds is 3. The van der Waals surface area contributed by atoms with Gasteiger partial charge in [-0.15, -0.1) is 0 Å². The van der Waals surface area contributed by atoms with Crippen molar-refractivity contribution in [1.82, 2.24) is 5.32 Å². The minimum absolute atomic E-state index is 0.242. The van der Waals surface area contributed by atoms with Crippen molar-refractivity contribution in [3.63, 3.8) is 0 Å². The number of alkyl halides is 1. The lowest BCUT2D eigenvalue weighted by molar-refractivity contribution is -0.122. The Morgan fingerprint density at radius 3 is 2.64 bits per heavy atom. The van der Waals surface area contributed by atoms with Crippen molar-refractivity contribution in [1.29, 1.82) is 0 Å². The van der Waals surface area contributed by atoms with Gasteiger partial charge in [0.1, 0.15) is 0 Å². The molecule has 0 aromatic carbocycles. The number of carbonyl (C=O) groups excluding carboxylic acids is 1. The van der Waals surface area contributed by atoms with Gasteiger partial charge in [-0.05, 0) is 11.8 Å². The molecule has 0 aliphatic heterocycles. The normalized spacial score (nSPS) is 26.3. The van der Waals surface area contributed by atoms with Crippen LogP contribution in [0.25, 0.3) is 0 Å². The molecule has 0 heterocycles. The second-order valence-electron chi connectivity index (χ2n) is 3.73. The van der Waals surface area contributed by atoms with E-state index in [1.807, 2.05) is 0 Å². The Balaban J connectivity index is 2.23. The summed E-state index contributed by atoms with van der Waals surface area (Å²) in [7, 11) is 0. The molecule has 1 saturated carbocycles. The summed E-state index contributed by atoms with van der Waals surface area (Å²) in [5, 5.41) is 2.90. The van der Waals surface area contributed by atoms with Crippen molar-refractivity contribution in [3.05, 3.63) is 0 Å². The summed E-state index contributed by atoms with van der Waals surface area (Å²) in [4.78, 5) is 11.3. The van der Waals surface area contributed by atoms with E-state index in [1.165, 1.54) is 0 Å². The number of amides is 1. The molecule has 1 N–H and O–H groups in total. The molecule has 11 heavy (non-hydrogen) atoms. The molecule has 0 bridgehead atoms. The lowest BCUT2D eigenvalue weighted by Gasteiger charge is -2.03. The molecule has 0 aromatic rings. The minimum atomic E-state index is 0.242. The fourth-order valence-electron chi connectivity index (χ4n) is 1.21. The molecule has 1 atom stereocenters. The Morgan fingerprint density at radius 2 is 2.27 bits per heavy atom. The molecular formula is C8H14INO. The van der Waals surface area contributed by atoms with Crippen LogP contribution in [0.3, 0.4) is 0 Å². The predicted octanol–water partition coefficient (Wildman–Crippen LogP) is 1.58. The van der Waals surface area contributed by atoms with Gasteiger partial charge in [-0.25, -0.2) is 0 Å². The predicted molar refractivity (Wildman–Crippen MR) is 53.8 cm³/mol. The van der Waals surface area contributed by atoms with Crippen LogP contribution in [0.15, 0.2) is 0 Å². The van der Waals surface area contributed by atoms with Crippen LogP contribution in [-0.2, 0) is 4.79 Å². The highest BCUT2D eigenvalue weighted by atomic mass is 127. The molecule has 1 aliphatic rings. The van der Waals surface area contributed by atoms with E-state index < -0.39 is 0 Å². The first kappa shape index (κ1) is 9.29. The Labute approximate surface area is 81.3 Å². The van der Waals surface area contributed by atoms with Gasteiger partial charge < -0.3 is 5.32 Å². The van der Waals surface area contributed by atoms with Crippen LogP contribution < -0.4 is 5.32 Å². The molecule has 0 radical (unpaired) electrons. The standard InChI is InChI=1S/C8H14INO/c1-8(2)5-6(8)7(11)10-4-3-9/h6H,3-5H2,1-2H3,(H,10,11). The molecule has 1 unspecified atom stereocenters. The van der Waals surface area contributed by atoms with Crippen LogP contribution in [0.2, 0.25) is 0 Å². The number of nitrogens with one attached hydrogen (secondary N) is 1. The SMILES string of the molecule is CC1(C)CC1C(=O)NCCI. The zero-order chi connectivity index (χ0) is 8.48. The van der Waals surface area contributed by atoms with Gasteiger partial charge >= 0.3 is 0 Å². The van der Waals surface area contributed by atoms with Crippen molar-refractivity contribution in [2.24, 2.45) is 11.3 Å². The van der Waals surface area contributed by atoms with Gasteiger partial charge in [0.05, 0.1) is 0 Å². The minimum Gasteiger partial charge on any atom is -0.355 e. The third kappa shape index (κ3) is 2.32. The van der Waals surface area contributed by atoms with Crippen molar-refractivity contribution in [2.75, 3.05) is 11.0 Å². The molecule has 1 rings (SSSR count). The summed E-state index contributed by atoms with van der Waals surface area (Å²) in [6, 6.07) is 0. The molecule has 1 aliphatic carbocycles. The zero-order valence-corrected chi connectivity index (χ0v) is 9.14. The Bertz CT molecular complexity index is 167. The molecule has 0 aromatic heterocycles. The first-order chi connectivity index (χ1) is 5.08. The summed E-state index contributed by atoms with van der Waals surface area (Å²) in [5.41, 5.74) is 0.273. The van der Waals surface area contributed by atoms with E-state index in [0.717, 1.165) is 17.4 Å². The van der Waals surface area contributed by atoms with Gasteiger partial charge in [0.25, 0.3) is 0 Å². The molecule has 1 fully saturated rings. The second-order valence-corrected chi connectivity index (χ2v) is 4.80. The number of hydrogen-bond donors (Lipinski definition) is 1. The van der Waals surface area contributed by atoms with Gasteiger partial charge in [0, 0.05) is 16.9 Å². The third-order valence-electron chi connectivity index (χ3n) is 2.22. The summed E-state index contributed by atoms with van der Waals surface area (Å²) in [6.45, 7) is 5.09. The molecule has 64 valence electrons. The maximum Gasteiger partial charge on any atom is 0.223 e. The molecule has 2 nitrogen and oxygen atoms in total. The summed E-state index contributed by atoms with van der Waals surface area (Å²) < 4.78 is 0.997.